The Balaban J connectivity index is 2.03. The zero-order chi connectivity index (χ0) is 13.8. The van der Waals surface area contributed by atoms with Crippen molar-refractivity contribution in [1.29, 1.82) is 0 Å². The summed E-state index contributed by atoms with van der Waals surface area (Å²) < 4.78 is 4.82. The summed E-state index contributed by atoms with van der Waals surface area (Å²) in [6.45, 7) is 2.40. The molecule has 1 aromatic rings. The minimum absolute atomic E-state index is 0.0308. The maximum absolute atomic E-state index is 11.6. The van der Waals surface area contributed by atoms with E-state index >= 15 is 0 Å². The average molecular weight is 302 g/mol. The molecule has 0 bridgehead atoms. The van der Waals surface area contributed by atoms with E-state index in [1.165, 1.54) is 7.11 Å². The number of halogens is 2. The van der Waals surface area contributed by atoms with Crippen LogP contribution < -0.4 is 0 Å². The number of piperidine rings is 1. The van der Waals surface area contributed by atoms with Crippen molar-refractivity contribution in [3.63, 3.8) is 0 Å². The van der Waals surface area contributed by atoms with E-state index in [1.807, 2.05) is 12.1 Å². The van der Waals surface area contributed by atoms with Crippen LogP contribution in [0, 0.1) is 5.92 Å². The van der Waals surface area contributed by atoms with Gasteiger partial charge in [-0.2, -0.15) is 0 Å². The molecule has 2 rings (SSSR count). The van der Waals surface area contributed by atoms with Gasteiger partial charge >= 0.3 is 5.97 Å². The van der Waals surface area contributed by atoms with Crippen molar-refractivity contribution in [2.24, 2.45) is 5.92 Å². The molecule has 1 fully saturated rings. The van der Waals surface area contributed by atoms with Gasteiger partial charge in [0, 0.05) is 13.1 Å². The molecule has 1 unspecified atom stereocenters. The summed E-state index contributed by atoms with van der Waals surface area (Å²) in [5.74, 6) is -0.154. The Hall–Kier alpha value is -0.770. The van der Waals surface area contributed by atoms with Crippen molar-refractivity contribution < 1.29 is 9.53 Å². The van der Waals surface area contributed by atoms with Crippen molar-refractivity contribution >= 4 is 29.2 Å². The van der Waals surface area contributed by atoms with Crippen LogP contribution in [0.5, 0.6) is 0 Å². The molecule has 5 heteroatoms. The highest BCUT2D eigenvalue weighted by atomic mass is 35.5. The molecule has 0 saturated carbocycles. The zero-order valence-corrected chi connectivity index (χ0v) is 12.4. The molecule has 1 saturated heterocycles. The van der Waals surface area contributed by atoms with Crippen LogP contribution in [-0.2, 0) is 16.1 Å². The van der Waals surface area contributed by atoms with E-state index in [2.05, 4.69) is 4.90 Å². The summed E-state index contributed by atoms with van der Waals surface area (Å²) in [7, 11) is 1.44. The lowest BCUT2D eigenvalue weighted by Crippen LogP contribution is -2.38. The van der Waals surface area contributed by atoms with E-state index in [1.54, 1.807) is 6.07 Å². The van der Waals surface area contributed by atoms with Crippen molar-refractivity contribution in [1.82, 2.24) is 4.90 Å². The maximum atomic E-state index is 11.6. The largest absolute Gasteiger partial charge is 0.469 e. The van der Waals surface area contributed by atoms with Gasteiger partial charge in [0.15, 0.2) is 0 Å². The van der Waals surface area contributed by atoms with Gasteiger partial charge < -0.3 is 4.74 Å². The second-order valence-electron chi connectivity index (χ2n) is 4.81. The fourth-order valence-electron chi connectivity index (χ4n) is 2.47. The molecule has 1 aliphatic rings. The third-order valence-corrected chi connectivity index (χ3v) is 4.32. The van der Waals surface area contributed by atoms with Gasteiger partial charge in [0.1, 0.15) is 0 Å². The van der Waals surface area contributed by atoms with E-state index in [0.717, 1.165) is 31.5 Å². The van der Waals surface area contributed by atoms with E-state index in [9.17, 15) is 4.79 Å². The smallest absolute Gasteiger partial charge is 0.309 e. The average Bonchev–Trinajstić information content (AvgIpc) is 2.43. The number of carbonyl (C=O) groups is 1. The van der Waals surface area contributed by atoms with Gasteiger partial charge in [0.05, 0.1) is 23.1 Å². The highest BCUT2D eigenvalue weighted by molar-refractivity contribution is 6.42. The fourth-order valence-corrected chi connectivity index (χ4v) is 2.85. The molecule has 104 valence electrons. The Labute approximate surface area is 123 Å². The second kappa shape index (κ2) is 6.60. The van der Waals surface area contributed by atoms with Gasteiger partial charge in [0.25, 0.3) is 0 Å². The number of hydrogen-bond acceptors (Lipinski definition) is 3. The van der Waals surface area contributed by atoms with Crippen LogP contribution >= 0.6 is 23.2 Å². The number of carbonyl (C=O) groups excluding carboxylic acids is 1. The number of methoxy groups -OCH3 is 1. The highest BCUT2D eigenvalue weighted by Gasteiger charge is 2.26. The first-order valence-corrected chi connectivity index (χ1v) is 7.10. The van der Waals surface area contributed by atoms with Crippen LogP contribution in [0.25, 0.3) is 0 Å². The predicted octanol–water partition coefficient (Wildman–Crippen LogP) is 3.38. The molecule has 0 amide bonds. The Morgan fingerprint density at radius 3 is 3.00 bits per heavy atom. The summed E-state index contributed by atoms with van der Waals surface area (Å²) in [5, 5.41) is 1.17. The minimum Gasteiger partial charge on any atom is -0.469 e. The Morgan fingerprint density at radius 2 is 2.26 bits per heavy atom. The third-order valence-electron chi connectivity index (χ3n) is 3.47. The molecular weight excluding hydrogens is 285 g/mol. The van der Waals surface area contributed by atoms with Crippen LogP contribution in [-0.4, -0.2) is 31.1 Å². The molecule has 1 aliphatic heterocycles. The van der Waals surface area contributed by atoms with Gasteiger partial charge in [-0.15, -0.1) is 0 Å². The fraction of sp³-hybridized carbons (Fsp3) is 0.500. The normalized spacial score (nSPS) is 20.3. The molecule has 0 N–H and O–H groups in total. The lowest BCUT2D eigenvalue weighted by molar-refractivity contribution is -0.147. The molecular formula is C14H17Cl2NO2. The zero-order valence-electron chi connectivity index (χ0n) is 10.9. The Kier molecular flexibility index (Phi) is 5.08. The molecule has 3 nitrogen and oxygen atoms in total. The van der Waals surface area contributed by atoms with Crippen LogP contribution in [0.4, 0.5) is 0 Å². The van der Waals surface area contributed by atoms with Crippen molar-refractivity contribution in [2.45, 2.75) is 19.4 Å². The van der Waals surface area contributed by atoms with Crippen molar-refractivity contribution in [3.05, 3.63) is 33.8 Å². The minimum atomic E-state index is -0.123. The number of ether oxygens (including phenoxy) is 1. The summed E-state index contributed by atoms with van der Waals surface area (Å²) in [6.07, 6.45) is 1.89. The lowest BCUT2D eigenvalue weighted by atomic mass is 9.98. The molecule has 1 atom stereocenters. The van der Waals surface area contributed by atoms with Crippen molar-refractivity contribution in [2.75, 3.05) is 20.2 Å². The second-order valence-corrected chi connectivity index (χ2v) is 5.60. The summed E-state index contributed by atoms with van der Waals surface area (Å²) in [5.41, 5.74) is 1.000. The molecule has 0 radical (unpaired) electrons. The summed E-state index contributed by atoms with van der Waals surface area (Å²) in [6, 6.07) is 5.64. The molecule has 1 aromatic carbocycles. The Morgan fingerprint density at radius 1 is 1.47 bits per heavy atom. The molecule has 1 heterocycles. The van der Waals surface area contributed by atoms with Gasteiger partial charge in [-0.05, 0) is 31.0 Å². The quantitative estimate of drug-likeness (QED) is 0.802. The molecule has 0 spiro atoms. The van der Waals surface area contributed by atoms with E-state index in [0.29, 0.717) is 16.6 Å². The van der Waals surface area contributed by atoms with Gasteiger partial charge in [-0.3, -0.25) is 9.69 Å². The Bertz CT molecular complexity index is 465. The van der Waals surface area contributed by atoms with E-state index in [4.69, 9.17) is 27.9 Å². The number of nitrogens with zero attached hydrogens (tertiary/aromatic N) is 1. The van der Waals surface area contributed by atoms with E-state index < -0.39 is 0 Å². The van der Waals surface area contributed by atoms with Crippen LogP contribution in [0.2, 0.25) is 10.0 Å². The summed E-state index contributed by atoms with van der Waals surface area (Å²) in [4.78, 5) is 13.8. The number of benzene rings is 1. The topological polar surface area (TPSA) is 29.5 Å². The number of esters is 1. The van der Waals surface area contributed by atoms with Crippen LogP contribution in [0.15, 0.2) is 18.2 Å². The molecule has 0 aromatic heterocycles. The first kappa shape index (κ1) is 14.6. The van der Waals surface area contributed by atoms with Gasteiger partial charge in [0.2, 0.25) is 0 Å². The summed E-state index contributed by atoms with van der Waals surface area (Å²) >= 11 is 12.2. The number of hydrogen-bond donors (Lipinski definition) is 0. The van der Waals surface area contributed by atoms with Gasteiger partial charge in [-0.25, -0.2) is 0 Å². The van der Waals surface area contributed by atoms with Crippen LogP contribution in [0.1, 0.15) is 18.4 Å². The monoisotopic (exact) mass is 301 g/mol. The van der Waals surface area contributed by atoms with Gasteiger partial charge in [-0.1, -0.05) is 35.3 Å². The maximum Gasteiger partial charge on any atom is 0.309 e. The van der Waals surface area contributed by atoms with Crippen LogP contribution in [0.3, 0.4) is 0 Å². The molecule has 0 aliphatic carbocycles. The number of rotatable bonds is 3. The molecule has 19 heavy (non-hydrogen) atoms. The highest BCUT2D eigenvalue weighted by Crippen LogP contribution is 2.28. The SMILES string of the molecule is COC(=O)C1CCCN(Cc2cccc(Cl)c2Cl)C1. The predicted molar refractivity (Wildman–Crippen MR) is 76.5 cm³/mol. The standard InChI is InChI=1S/C14H17Cl2NO2/c1-19-14(18)11-5-3-7-17(9-11)8-10-4-2-6-12(15)13(10)16/h2,4,6,11H,3,5,7-9H2,1H3. The first-order chi connectivity index (χ1) is 9.11. The lowest BCUT2D eigenvalue weighted by Gasteiger charge is -2.31. The first-order valence-electron chi connectivity index (χ1n) is 6.35. The van der Waals surface area contributed by atoms with E-state index in [-0.39, 0.29) is 11.9 Å². The number of likely N-dealkylation sites (tertiary alicyclic amines) is 1. The third kappa shape index (κ3) is 3.62. The van der Waals surface area contributed by atoms with Crippen molar-refractivity contribution in [3.8, 4) is 0 Å².